The Kier molecular flexibility index (Phi) is 6.26. The number of pyridine rings is 1. The molecule has 0 saturated heterocycles. The van der Waals surface area contributed by atoms with Crippen LogP contribution in [0, 0.1) is 0 Å². The first-order chi connectivity index (χ1) is 9.88. The third-order valence-corrected chi connectivity index (χ3v) is 2.99. The van der Waals surface area contributed by atoms with Crippen molar-refractivity contribution in [3.8, 4) is 5.88 Å². The Labute approximate surface area is 123 Å². The van der Waals surface area contributed by atoms with E-state index in [1.165, 1.54) is 13.3 Å². The van der Waals surface area contributed by atoms with Gasteiger partial charge in [-0.15, -0.1) is 0 Å². The van der Waals surface area contributed by atoms with Crippen LogP contribution in [-0.4, -0.2) is 54.5 Å². The molecule has 0 bridgehead atoms. The number of ketones is 1. The van der Waals surface area contributed by atoms with Crippen molar-refractivity contribution >= 4 is 11.7 Å². The maximum absolute atomic E-state index is 11.9. The number of rotatable bonds is 7. The fourth-order valence-electron chi connectivity index (χ4n) is 2.05. The van der Waals surface area contributed by atoms with Crippen LogP contribution < -0.4 is 10.2 Å². The molecule has 21 heavy (non-hydrogen) atoms. The zero-order valence-corrected chi connectivity index (χ0v) is 12.7. The van der Waals surface area contributed by atoms with E-state index in [4.69, 9.17) is 9.94 Å². The maximum Gasteiger partial charge on any atom is 0.276 e. The lowest BCUT2D eigenvalue weighted by molar-refractivity contribution is -0.119. The number of hydrogen-bond donors (Lipinski definition) is 2. The van der Waals surface area contributed by atoms with Gasteiger partial charge in [-0.25, -0.2) is 10.5 Å². The molecule has 0 spiro atoms. The molecule has 116 valence electrons. The minimum atomic E-state index is -0.654. The number of hydroxylamine groups is 1. The summed E-state index contributed by atoms with van der Waals surface area (Å²) in [5, 5.41) is 8.67. The molecule has 7 heteroatoms. The molecule has 1 amide bonds. The van der Waals surface area contributed by atoms with Gasteiger partial charge >= 0.3 is 0 Å². The van der Waals surface area contributed by atoms with E-state index >= 15 is 0 Å². The van der Waals surface area contributed by atoms with Gasteiger partial charge in [-0.1, -0.05) is 6.92 Å². The fraction of sp³-hybridized carbons (Fsp3) is 0.500. The van der Waals surface area contributed by atoms with Gasteiger partial charge in [0.15, 0.2) is 0 Å². The molecule has 0 unspecified atom stereocenters. The Morgan fingerprint density at radius 2 is 2.14 bits per heavy atom. The molecule has 0 aliphatic carbocycles. The second kappa shape index (κ2) is 7.70. The molecule has 2 N–H and O–H groups in total. The lowest BCUT2D eigenvalue weighted by Crippen LogP contribution is -2.23. The number of nitrogens with zero attached hydrogens (tertiary/aromatic N) is 2. The molecular weight excluding hydrogens is 274 g/mol. The number of aromatic nitrogens is 1. The van der Waals surface area contributed by atoms with Crippen LogP contribution in [-0.2, 0) is 4.79 Å². The summed E-state index contributed by atoms with van der Waals surface area (Å²) in [7, 11) is 5.14. The maximum atomic E-state index is 11.9. The summed E-state index contributed by atoms with van der Waals surface area (Å²) in [5.41, 5.74) is 2.42. The quantitative estimate of drug-likeness (QED) is 0.572. The highest BCUT2D eigenvalue weighted by Crippen LogP contribution is 2.28. The van der Waals surface area contributed by atoms with E-state index in [9.17, 15) is 9.59 Å². The largest absolute Gasteiger partial charge is 0.481 e. The summed E-state index contributed by atoms with van der Waals surface area (Å²) in [6, 6.07) is 1.57. The Balaban J connectivity index is 2.97. The van der Waals surface area contributed by atoms with Crippen molar-refractivity contribution in [1.82, 2.24) is 15.4 Å². The van der Waals surface area contributed by atoms with Gasteiger partial charge in [-0.3, -0.25) is 14.8 Å². The van der Waals surface area contributed by atoms with Crippen molar-refractivity contribution in [3.63, 3.8) is 0 Å². The minimum absolute atomic E-state index is 0.0894. The van der Waals surface area contributed by atoms with Crippen LogP contribution in [0.1, 0.15) is 35.2 Å². The number of nitrogens with one attached hydrogen (secondary N) is 1. The third-order valence-electron chi connectivity index (χ3n) is 2.99. The van der Waals surface area contributed by atoms with Crippen LogP contribution in [0.15, 0.2) is 12.3 Å². The van der Waals surface area contributed by atoms with Crippen LogP contribution in [0.5, 0.6) is 5.88 Å². The second-order valence-corrected chi connectivity index (χ2v) is 5.15. The molecule has 1 atom stereocenters. The third kappa shape index (κ3) is 4.80. The van der Waals surface area contributed by atoms with Crippen molar-refractivity contribution in [1.29, 1.82) is 0 Å². The van der Waals surface area contributed by atoms with Gasteiger partial charge in [0.1, 0.15) is 5.78 Å². The van der Waals surface area contributed by atoms with Crippen molar-refractivity contribution in [2.24, 2.45) is 0 Å². The summed E-state index contributed by atoms with van der Waals surface area (Å²) in [6.45, 7) is 2.23. The van der Waals surface area contributed by atoms with E-state index in [0.29, 0.717) is 24.4 Å². The summed E-state index contributed by atoms with van der Waals surface area (Å²) >= 11 is 0. The number of methoxy groups -OCH3 is 1. The molecule has 1 heterocycles. The summed E-state index contributed by atoms with van der Waals surface area (Å²) in [6.07, 6.45) is 1.63. The van der Waals surface area contributed by atoms with Crippen LogP contribution >= 0.6 is 0 Å². The average molecular weight is 295 g/mol. The van der Waals surface area contributed by atoms with E-state index < -0.39 is 5.91 Å². The molecule has 0 saturated carbocycles. The van der Waals surface area contributed by atoms with Crippen molar-refractivity contribution in [2.75, 3.05) is 27.7 Å². The van der Waals surface area contributed by atoms with Gasteiger partial charge in [0.05, 0.1) is 19.2 Å². The highest BCUT2D eigenvalue weighted by Gasteiger charge is 2.19. The first-order valence-electron chi connectivity index (χ1n) is 6.53. The Morgan fingerprint density at radius 1 is 1.48 bits per heavy atom. The number of hydrogen-bond acceptors (Lipinski definition) is 6. The smallest absolute Gasteiger partial charge is 0.276 e. The molecule has 1 aromatic rings. The summed E-state index contributed by atoms with van der Waals surface area (Å²) in [4.78, 5) is 29.2. The number of likely N-dealkylation sites (N-methyl/N-ethyl adjacent to an activating group) is 1. The van der Waals surface area contributed by atoms with E-state index in [0.717, 1.165) is 0 Å². The molecule has 1 rings (SSSR count). The van der Waals surface area contributed by atoms with Gasteiger partial charge in [-0.2, -0.15) is 0 Å². The van der Waals surface area contributed by atoms with Crippen molar-refractivity contribution < 1.29 is 19.5 Å². The van der Waals surface area contributed by atoms with Crippen LogP contribution in [0.4, 0.5) is 0 Å². The monoisotopic (exact) mass is 295 g/mol. The first kappa shape index (κ1) is 17.1. The van der Waals surface area contributed by atoms with Crippen LogP contribution in [0.2, 0.25) is 0 Å². The predicted octanol–water partition coefficient (Wildman–Crippen LogP) is 0.833. The molecule has 0 fully saturated rings. The summed E-state index contributed by atoms with van der Waals surface area (Å²) in [5.74, 6) is -0.342. The summed E-state index contributed by atoms with van der Waals surface area (Å²) < 4.78 is 5.17. The number of carbonyl (C=O) groups excluding carboxylic acids is 2. The molecule has 7 nitrogen and oxygen atoms in total. The number of carbonyl (C=O) groups is 2. The minimum Gasteiger partial charge on any atom is -0.481 e. The zero-order valence-electron chi connectivity index (χ0n) is 12.7. The highest BCUT2D eigenvalue weighted by molar-refractivity contribution is 5.93. The predicted molar refractivity (Wildman–Crippen MR) is 76.6 cm³/mol. The Morgan fingerprint density at radius 3 is 2.67 bits per heavy atom. The van der Waals surface area contributed by atoms with Crippen molar-refractivity contribution in [2.45, 2.75) is 19.3 Å². The van der Waals surface area contributed by atoms with Crippen LogP contribution in [0.3, 0.4) is 0 Å². The van der Waals surface area contributed by atoms with Gasteiger partial charge in [0, 0.05) is 18.2 Å². The van der Waals surface area contributed by atoms with Gasteiger partial charge in [0.25, 0.3) is 5.91 Å². The zero-order chi connectivity index (χ0) is 16.0. The first-order valence-corrected chi connectivity index (χ1v) is 6.53. The lowest BCUT2D eigenvalue weighted by Gasteiger charge is -2.16. The molecule has 1 aromatic heterocycles. The van der Waals surface area contributed by atoms with Gasteiger partial charge in [0.2, 0.25) is 5.88 Å². The number of amides is 1. The number of ether oxygens (including phenoxy) is 1. The van der Waals surface area contributed by atoms with Gasteiger partial charge in [-0.05, 0) is 26.1 Å². The van der Waals surface area contributed by atoms with E-state index in [1.54, 1.807) is 16.4 Å². The van der Waals surface area contributed by atoms with Crippen LogP contribution in [0.25, 0.3) is 0 Å². The molecule has 0 radical (unpaired) electrons. The molecule has 0 aromatic carbocycles. The normalized spacial score (nSPS) is 12.1. The fourth-order valence-corrected chi connectivity index (χ4v) is 2.05. The molecular formula is C14H21N3O4. The topological polar surface area (TPSA) is 91.8 Å². The van der Waals surface area contributed by atoms with Gasteiger partial charge < -0.3 is 9.64 Å². The van der Waals surface area contributed by atoms with E-state index in [2.05, 4.69) is 4.98 Å². The lowest BCUT2D eigenvalue weighted by atomic mass is 9.95. The van der Waals surface area contributed by atoms with E-state index in [1.807, 2.05) is 21.0 Å². The molecule has 0 aliphatic rings. The SMILES string of the molecule is COc1ncc(C(=O)NO)cc1[C@H](C)CC(=O)CN(C)C. The molecule has 0 aliphatic heterocycles. The van der Waals surface area contributed by atoms with Crippen molar-refractivity contribution in [3.05, 3.63) is 23.4 Å². The Bertz CT molecular complexity index is 517. The standard InChI is InChI=1S/C14H21N3O4/c1-9(5-11(18)8-17(2)3)12-6-10(13(19)16-20)7-15-14(12)21-4/h6-7,9,20H,5,8H2,1-4H3,(H,16,19)/t9-/m1/s1. The number of Topliss-reactive ketones (excluding diaryl/α,β-unsaturated/α-hetero) is 1. The average Bonchev–Trinajstić information content (AvgIpc) is 2.44. The Hall–Kier alpha value is -1.99. The second-order valence-electron chi connectivity index (χ2n) is 5.15. The highest BCUT2D eigenvalue weighted by atomic mass is 16.5. The van der Waals surface area contributed by atoms with E-state index in [-0.39, 0.29) is 17.3 Å².